The summed E-state index contributed by atoms with van der Waals surface area (Å²) in [6.07, 6.45) is 3.41. The smallest absolute Gasteiger partial charge is 0.216 e. The number of nitrogens with one attached hydrogen (secondary N) is 1. The Balaban J connectivity index is 1.94. The second kappa shape index (κ2) is 7.80. The number of benzene rings is 1. The molecule has 7 nitrogen and oxygen atoms in total. The largest absolute Gasteiger partial charge is 0.508 e. The summed E-state index contributed by atoms with van der Waals surface area (Å²) in [6.45, 7) is 2.04. The molecule has 0 saturated heterocycles. The van der Waals surface area contributed by atoms with Gasteiger partial charge in [0.25, 0.3) is 0 Å². The third-order valence-corrected chi connectivity index (χ3v) is 4.32. The van der Waals surface area contributed by atoms with E-state index in [1.165, 1.54) is 18.7 Å². The number of hydrogen-bond acceptors (Lipinski definition) is 6. The number of hydrogen-bond donors (Lipinski definition) is 2. The summed E-state index contributed by atoms with van der Waals surface area (Å²) in [6, 6.07) is 10.6. The number of carbonyl (C=O) groups excluding carboxylic acids is 1. The molecule has 3 aromatic rings. The lowest BCUT2D eigenvalue weighted by Gasteiger charge is -2.10. The second-order valence-electron chi connectivity index (χ2n) is 5.23. The second-order valence-corrected chi connectivity index (χ2v) is 6.29. The maximum Gasteiger partial charge on any atom is 0.216 e. The van der Waals surface area contributed by atoms with Crippen LogP contribution in [0, 0.1) is 0 Å². The molecule has 1 aromatic carbocycles. The van der Waals surface area contributed by atoms with E-state index in [4.69, 9.17) is 0 Å². The Morgan fingerprint density at radius 2 is 1.88 bits per heavy atom. The molecule has 25 heavy (non-hydrogen) atoms. The van der Waals surface area contributed by atoms with Crippen LogP contribution in [-0.2, 0) is 4.79 Å². The predicted molar refractivity (Wildman–Crippen MR) is 95.7 cm³/mol. The number of aromatic hydroxyl groups is 1. The van der Waals surface area contributed by atoms with E-state index >= 15 is 0 Å². The lowest BCUT2D eigenvalue weighted by atomic mass is 10.2. The Kier molecular flexibility index (Phi) is 5.30. The van der Waals surface area contributed by atoms with Gasteiger partial charge in [0.15, 0.2) is 11.0 Å². The summed E-state index contributed by atoms with van der Waals surface area (Å²) in [4.78, 5) is 15.0. The van der Waals surface area contributed by atoms with Gasteiger partial charge in [0.1, 0.15) is 5.75 Å². The molecule has 0 saturated carbocycles. The molecule has 0 aliphatic carbocycles. The monoisotopic (exact) mass is 355 g/mol. The Labute approximate surface area is 149 Å². The minimum absolute atomic E-state index is 0.0573. The van der Waals surface area contributed by atoms with Gasteiger partial charge in [-0.3, -0.25) is 14.3 Å². The van der Waals surface area contributed by atoms with Crippen molar-refractivity contribution in [3.05, 3.63) is 48.8 Å². The van der Waals surface area contributed by atoms with Crippen LogP contribution in [0.2, 0.25) is 0 Å². The summed E-state index contributed by atoms with van der Waals surface area (Å²) in [5, 5.41) is 21.6. The van der Waals surface area contributed by atoms with Crippen LogP contribution in [0.3, 0.4) is 0 Å². The van der Waals surface area contributed by atoms with Crippen LogP contribution < -0.4 is 5.32 Å². The number of phenols is 1. The maximum atomic E-state index is 11.0. The highest BCUT2D eigenvalue weighted by Crippen LogP contribution is 2.28. The van der Waals surface area contributed by atoms with Crippen molar-refractivity contribution < 1.29 is 9.90 Å². The Bertz CT molecular complexity index is 849. The van der Waals surface area contributed by atoms with Crippen LogP contribution in [0.5, 0.6) is 5.75 Å². The molecule has 0 fully saturated rings. The zero-order valence-corrected chi connectivity index (χ0v) is 14.4. The van der Waals surface area contributed by atoms with E-state index in [0.29, 0.717) is 23.3 Å². The molecule has 0 spiro atoms. The molecule has 3 rings (SSSR count). The number of pyridine rings is 1. The normalized spacial score (nSPS) is 10.6. The molecule has 128 valence electrons. The maximum absolute atomic E-state index is 11.0. The van der Waals surface area contributed by atoms with Crippen molar-refractivity contribution in [3.63, 3.8) is 0 Å². The quantitative estimate of drug-likeness (QED) is 0.520. The first-order valence-corrected chi connectivity index (χ1v) is 8.66. The van der Waals surface area contributed by atoms with Crippen LogP contribution in [0.1, 0.15) is 6.92 Å². The minimum atomic E-state index is -0.0573. The van der Waals surface area contributed by atoms with E-state index in [1.807, 2.05) is 16.7 Å². The lowest BCUT2D eigenvalue weighted by molar-refractivity contribution is -0.118. The molecular formula is C17H17N5O2S. The first kappa shape index (κ1) is 17.0. The molecule has 8 heteroatoms. The van der Waals surface area contributed by atoms with E-state index < -0.39 is 0 Å². The van der Waals surface area contributed by atoms with Crippen LogP contribution in [0.25, 0.3) is 17.1 Å². The first-order valence-electron chi connectivity index (χ1n) is 7.67. The average molecular weight is 355 g/mol. The van der Waals surface area contributed by atoms with Crippen LogP contribution in [0.4, 0.5) is 0 Å². The van der Waals surface area contributed by atoms with Gasteiger partial charge < -0.3 is 10.4 Å². The van der Waals surface area contributed by atoms with Gasteiger partial charge in [0.05, 0.1) is 0 Å². The van der Waals surface area contributed by atoms with Gasteiger partial charge in [-0.15, -0.1) is 10.2 Å². The molecule has 2 aromatic heterocycles. The molecule has 0 aliphatic rings. The van der Waals surface area contributed by atoms with Gasteiger partial charge in [0.2, 0.25) is 5.91 Å². The highest BCUT2D eigenvalue weighted by atomic mass is 32.2. The SMILES string of the molecule is CC(=O)NCCSc1nnc(-c2ccncc2)n1-c1ccc(O)cc1. The van der Waals surface area contributed by atoms with E-state index in [0.717, 1.165) is 11.3 Å². The average Bonchev–Trinajstić information content (AvgIpc) is 3.04. The van der Waals surface area contributed by atoms with Gasteiger partial charge in [-0.05, 0) is 36.4 Å². The molecule has 1 amide bonds. The third-order valence-electron chi connectivity index (χ3n) is 3.39. The summed E-state index contributed by atoms with van der Waals surface area (Å²) >= 11 is 1.50. The molecule has 2 N–H and O–H groups in total. The number of phenolic OH excluding ortho intramolecular Hbond substituents is 1. The van der Waals surface area contributed by atoms with Crippen molar-refractivity contribution in [1.82, 2.24) is 25.1 Å². The molecule has 0 bridgehead atoms. The fourth-order valence-corrected chi connectivity index (χ4v) is 3.06. The van der Waals surface area contributed by atoms with Crippen molar-refractivity contribution in [1.29, 1.82) is 0 Å². The third kappa shape index (κ3) is 4.16. The number of thioether (sulfide) groups is 1. The van der Waals surface area contributed by atoms with Crippen molar-refractivity contribution >= 4 is 17.7 Å². The van der Waals surface area contributed by atoms with Crippen LogP contribution >= 0.6 is 11.8 Å². The molecule has 0 atom stereocenters. The molecular weight excluding hydrogens is 338 g/mol. The highest BCUT2D eigenvalue weighted by Gasteiger charge is 2.16. The number of aromatic nitrogens is 4. The van der Waals surface area contributed by atoms with Gasteiger partial charge >= 0.3 is 0 Å². The van der Waals surface area contributed by atoms with Crippen LogP contribution in [-0.4, -0.2) is 43.1 Å². The summed E-state index contributed by atoms with van der Waals surface area (Å²) < 4.78 is 1.92. The minimum Gasteiger partial charge on any atom is -0.508 e. The fourth-order valence-electron chi connectivity index (χ4n) is 2.26. The number of carbonyl (C=O) groups is 1. The van der Waals surface area contributed by atoms with Gasteiger partial charge in [0, 0.05) is 42.9 Å². The number of nitrogens with zero attached hydrogens (tertiary/aromatic N) is 4. The van der Waals surface area contributed by atoms with Gasteiger partial charge in [-0.1, -0.05) is 11.8 Å². The lowest BCUT2D eigenvalue weighted by Crippen LogP contribution is -2.22. The number of amides is 1. The van der Waals surface area contributed by atoms with Crippen molar-refractivity contribution in [2.45, 2.75) is 12.1 Å². The van der Waals surface area contributed by atoms with Crippen molar-refractivity contribution in [2.24, 2.45) is 0 Å². The molecule has 0 unspecified atom stereocenters. The Morgan fingerprint density at radius 1 is 1.16 bits per heavy atom. The predicted octanol–water partition coefficient (Wildman–Crippen LogP) is 2.26. The molecule has 0 aliphatic heterocycles. The van der Waals surface area contributed by atoms with Crippen molar-refractivity contribution in [3.8, 4) is 22.8 Å². The first-order chi connectivity index (χ1) is 12.1. The van der Waals surface area contributed by atoms with E-state index in [1.54, 1.807) is 36.7 Å². The molecule has 0 radical (unpaired) electrons. The van der Waals surface area contributed by atoms with E-state index in [2.05, 4.69) is 20.5 Å². The van der Waals surface area contributed by atoms with E-state index in [9.17, 15) is 9.90 Å². The highest BCUT2D eigenvalue weighted by molar-refractivity contribution is 7.99. The summed E-state index contributed by atoms with van der Waals surface area (Å²) in [7, 11) is 0. The van der Waals surface area contributed by atoms with E-state index in [-0.39, 0.29) is 11.7 Å². The Morgan fingerprint density at radius 3 is 2.56 bits per heavy atom. The molecule has 2 heterocycles. The number of rotatable bonds is 6. The fraction of sp³-hybridized carbons (Fsp3) is 0.176. The van der Waals surface area contributed by atoms with Crippen molar-refractivity contribution in [2.75, 3.05) is 12.3 Å². The summed E-state index contributed by atoms with van der Waals surface area (Å²) in [5.41, 5.74) is 1.74. The van der Waals surface area contributed by atoms with Gasteiger partial charge in [-0.2, -0.15) is 0 Å². The standard InChI is InChI=1S/C17H17N5O2S/c1-12(23)19-10-11-25-17-21-20-16(13-6-8-18-9-7-13)22(17)14-2-4-15(24)5-3-14/h2-9,24H,10-11H2,1H3,(H,19,23). The van der Waals surface area contributed by atoms with Crippen LogP contribution in [0.15, 0.2) is 53.9 Å². The Hall–Kier alpha value is -2.87. The zero-order valence-electron chi connectivity index (χ0n) is 13.6. The van der Waals surface area contributed by atoms with Gasteiger partial charge in [-0.25, -0.2) is 0 Å². The summed E-state index contributed by atoms with van der Waals surface area (Å²) in [5.74, 6) is 1.50. The zero-order chi connectivity index (χ0) is 17.6. The topological polar surface area (TPSA) is 92.9 Å².